The predicted octanol–water partition coefficient (Wildman–Crippen LogP) is 2.95. The van der Waals surface area contributed by atoms with Crippen molar-refractivity contribution in [1.29, 1.82) is 0 Å². The molecule has 0 heterocycles. The fourth-order valence-electron chi connectivity index (χ4n) is 3.18. The van der Waals surface area contributed by atoms with Crippen molar-refractivity contribution in [3.05, 3.63) is 29.8 Å². The molecule has 5 nitrogen and oxygen atoms in total. The van der Waals surface area contributed by atoms with Crippen LogP contribution in [0.1, 0.15) is 49.4 Å². The number of amides is 2. The van der Waals surface area contributed by atoms with E-state index in [1.807, 2.05) is 13.0 Å². The van der Waals surface area contributed by atoms with Gasteiger partial charge in [-0.1, -0.05) is 44.7 Å². The Labute approximate surface area is 150 Å². The zero-order valence-electron chi connectivity index (χ0n) is 14.2. The number of benzene rings is 1. The summed E-state index contributed by atoms with van der Waals surface area (Å²) in [4.78, 5) is 24.6. The second-order valence-corrected chi connectivity index (χ2v) is 6.37. The van der Waals surface area contributed by atoms with Gasteiger partial charge in [0.2, 0.25) is 5.91 Å². The first-order chi connectivity index (χ1) is 11.1. The molecule has 0 bridgehead atoms. The van der Waals surface area contributed by atoms with Crippen LogP contribution in [0, 0.1) is 11.8 Å². The molecule has 134 valence electrons. The maximum Gasteiger partial charge on any atom is 0.253 e. The van der Waals surface area contributed by atoms with Gasteiger partial charge in [0.05, 0.1) is 11.3 Å². The molecule has 0 spiro atoms. The molecule has 1 unspecified atom stereocenters. The molecule has 2 amide bonds. The number of rotatable bonds is 7. The molecule has 0 aliphatic heterocycles. The van der Waals surface area contributed by atoms with E-state index >= 15 is 0 Å². The van der Waals surface area contributed by atoms with Crippen LogP contribution in [0.4, 0.5) is 5.69 Å². The van der Waals surface area contributed by atoms with Crippen LogP contribution in [0.15, 0.2) is 24.3 Å². The number of nitrogens with one attached hydrogen (secondary N) is 2. The van der Waals surface area contributed by atoms with E-state index < -0.39 is 0 Å². The van der Waals surface area contributed by atoms with Crippen molar-refractivity contribution in [1.82, 2.24) is 5.32 Å². The molecule has 0 radical (unpaired) electrons. The maximum absolute atomic E-state index is 12.4. The molecule has 24 heavy (non-hydrogen) atoms. The first kappa shape index (κ1) is 20.5. The van der Waals surface area contributed by atoms with Crippen molar-refractivity contribution < 1.29 is 9.59 Å². The average Bonchev–Trinajstić information content (AvgIpc) is 3.06. The second-order valence-electron chi connectivity index (χ2n) is 6.37. The number of para-hydroxylation sites is 1. The van der Waals surface area contributed by atoms with Gasteiger partial charge >= 0.3 is 0 Å². The van der Waals surface area contributed by atoms with Gasteiger partial charge in [-0.2, -0.15) is 0 Å². The number of carbonyl (C=O) groups is 2. The summed E-state index contributed by atoms with van der Waals surface area (Å²) in [5.41, 5.74) is 6.44. The van der Waals surface area contributed by atoms with Gasteiger partial charge in [-0.3, -0.25) is 9.59 Å². The van der Waals surface area contributed by atoms with Gasteiger partial charge in [0.15, 0.2) is 0 Å². The van der Waals surface area contributed by atoms with Crippen LogP contribution in [0.5, 0.6) is 0 Å². The van der Waals surface area contributed by atoms with Gasteiger partial charge in [0.1, 0.15) is 0 Å². The monoisotopic (exact) mass is 353 g/mol. The topological polar surface area (TPSA) is 84.2 Å². The van der Waals surface area contributed by atoms with Crippen molar-refractivity contribution in [2.24, 2.45) is 17.6 Å². The maximum atomic E-state index is 12.4. The zero-order valence-corrected chi connectivity index (χ0v) is 15.0. The second kappa shape index (κ2) is 10.3. The number of anilines is 1. The highest BCUT2D eigenvalue weighted by Gasteiger charge is 2.22. The summed E-state index contributed by atoms with van der Waals surface area (Å²) < 4.78 is 0. The van der Waals surface area contributed by atoms with Crippen molar-refractivity contribution in [2.75, 3.05) is 18.4 Å². The Morgan fingerprint density at radius 1 is 1.25 bits per heavy atom. The number of carbonyl (C=O) groups excluding carboxylic acids is 2. The summed E-state index contributed by atoms with van der Waals surface area (Å²) in [5.74, 6) is 0.392. The fraction of sp³-hybridized carbons (Fsp3) is 0.556. The first-order valence-electron chi connectivity index (χ1n) is 8.50. The standard InChI is InChI=1S/C18H27N3O2.ClH/c1-13(12-14-6-2-3-7-14)17(22)21-16-9-5-4-8-15(16)18(23)20-11-10-19;/h4-5,8-9,13-14H,2-3,6-7,10-12,19H2,1H3,(H,20,23)(H,21,22);1H. The molecule has 2 rings (SSSR count). The molecule has 0 aromatic heterocycles. The summed E-state index contributed by atoms with van der Waals surface area (Å²) in [6, 6.07) is 7.08. The van der Waals surface area contributed by atoms with Gasteiger partial charge < -0.3 is 16.4 Å². The third kappa shape index (κ3) is 5.80. The van der Waals surface area contributed by atoms with E-state index in [9.17, 15) is 9.59 Å². The largest absolute Gasteiger partial charge is 0.351 e. The Morgan fingerprint density at radius 2 is 1.92 bits per heavy atom. The van der Waals surface area contributed by atoms with Crippen molar-refractivity contribution in [2.45, 2.75) is 39.0 Å². The molecule has 1 saturated carbocycles. The molecule has 1 aromatic carbocycles. The van der Waals surface area contributed by atoms with Crippen LogP contribution in [0.3, 0.4) is 0 Å². The number of hydrogen-bond donors (Lipinski definition) is 3. The molecular formula is C18H28ClN3O2. The van der Waals surface area contributed by atoms with Crippen molar-refractivity contribution >= 4 is 29.9 Å². The van der Waals surface area contributed by atoms with Crippen LogP contribution < -0.4 is 16.4 Å². The highest BCUT2D eigenvalue weighted by Crippen LogP contribution is 2.30. The summed E-state index contributed by atoms with van der Waals surface area (Å²) in [5, 5.41) is 5.65. The fourth-order valence-corrected chi connectivity index (χ4v) is 3.18. The lowest BCUT2D eigenvalue weighted by Crippen LogP contribution is -2.30. The van der Waals surface area contributed by atoms with E-state index in [0.29, 0.717) is 30.3 Å². The minimum absolute atomic E-state index is 0. The predicted molar refractivity (Wildman–Crippen MR) is 99.4 cm³/mol. The van der Waals surface area contributed by atoms with Crippen LogP contribution >= 0.6 is 12.4 Å². The number of hydrogen-bond acceptors (Lipinski definition) is 3. The average molecular weight is 354 g/mol. The summed E-state index contributed by atoms with van der Waals surface area (Å²) in [6.07, 6.45) is 5.95. The molecular weight excluding hydrogens is 326 g/mol. The lowest BCUT2D eigenvalue weighted by atomic mass is 9.94. The molecule has 1 atom stereocenters. The van der Waals surface area contributed by atoms with E-state index in [4.69, 9.17) is 5.73 Å². The van der Waals surface area contributed by atoms with Crippen LogP contribution in [0.25, 0.3) is 0 Å². The highest BCUT2D eigenvalue weighted by molar-refractivity contribution is 6.04. The van der Waals surface area contributed by atoms with Gasteiger partial charge in [-0.25, -0.2) is 0 Å². The van der Waals surface area contributed by atoms with E-state index in [1.54, 1.807) is 18.2 Å². The zero-order chi connectivity index (χ0) is 16.7. The lowest BCUT2D eigenvalue weighted by Gasteiger charge is -2.17. The van der Waals surface area contributed by atoms with Gasteiger partial charge in [-0.05, 0) is 24.5 Å². The smallest absolute Gasteiger partial charge is 0.253 e. The third-order valence-corrected chi connectivity index (χ3v) is 4.47. The van der Waals surface area contributed by atoms with Crippen LogP contribution in [0.2, 0.25) is 0 Å². The van der Waals surface area contributed by atoms with E-state index in [-0.39, 0.29) is 30.1 Å². The molecule has 4 N–H and O–H groups in total. The normalized spacial score (nSPS) is 15.4. The minimum atomic E-state index is -0.213. The SMILES string of the molecule is CC(CC1CCCC1)C(=O)Nc1ccccc1C(=O)NCCN.Cl. The minimum Gasteiger partial charge on any atom is -0.351 e. The van der Waals surface area contributed by atoms with E-state index in [1.165, 1.54) is 25.7 Å². The molecule has 1 fully saturated rings. The summed E-state index contributed by atoms with van der Waals surface area (Å²) in [6.45, 7) is 2.77. The first-order valence-corrected chi connectivity index (χ1v) is 8.50. The quantitative estimate of drug-likeness (QED) is 0.704. The molecule has 1 aromatic rings. The Morgan fingerprint density at radius 3 is 2.58 bits per heavy atom. The third-order valence-electron chi connectivity index (χ3n) is 4.47. The van der Waals surface area contributed by atoms with Gasteiger partial charge in [0, 0.05) is 19.0 Å². The van der Waals surface area contributed by atoms with Gasteiger partial charge in [-0.15, -0.1) is 12.4 Å². The van der Waals surface area contributed by atoms with E-state index in [0.717, 1.165) is 6.42 Å². The Bertz CT molecular complexity index is 545. The van der Waals surface area contributed by atoms with Crippen molar-refractivity contribution in [3.63, 3.8) is 0 Å². The van der Waals surface area contributed by atoms with E-state index in [2.05, 4.69) is 10.6 Å². The van der Waals surface area contributed by atoms with Crippen molar-refractivity contribution in [3.8, 4) is 0 Å². The molecule has 0 saturated heterocycles. The Kier molecular flexibility index (Phi) is 8.79. The summed E-state index contributed by atoms with van der Waals surface area (Å²) in [7, 11) is 0. The number of halogens is 1. The highest BCUT2D eigenvalue weighted by atomic mass is 35.5. The lowest BCUT2D eigenvalue weighted by molar-refractivity contribution is -0.119. The summed E-state index contributed by atoms with van der Waals surface area (Å²) >= 11 is 0. The number of nitrogens with two attached hydrogens (primary N) is 1. The molecule has 1 aliphatic carbocycles. The molecule has 1 aliphatic rings. The van der Waals surface area contributed by atoms with Gasteiger partial charge in [0.25, 0.3) is 5.91 Å². The molecule has 6 heteroatoms. The Balaban J connectivity index is 0.00000288. The van der Waals surface area contributed by atoms with Crippen LogP contribution in [-0.2, 0) is 4.79 Å². The van der Waals surface area contributed by atoms with Crippen LogP contribution in [-0.4, -0.2) is 24.9 Å². The Hall–Kier alpha value is -1.59.